The number of nitrogens with one attached hydrogen (secondary N) is 1. The molecule has 0 aliphatic carbocycles. The Bertz CT molecular complexity index is 1340. The predicted molar refractivity (Wildman–Crippen MR) is 127 cm³/mol. The van der Waals surface area contributed by atoms with E-state index in [0.29, 0.717) is 27.3 Å². The van der Waals surface area contributed by atoms with Crippen LogP contribution in [0.2, 0.25) is 0 Å². The van der Waals surface area contributed by atoms with Crippen molar-refractivity contribution in [1.82, 2.24) is 5.32 Å². The molecular formula is C24H16BrN3O6. The Kier molecular flexibility index (Phi) is 6.51. The molecule has 3 aromatic carbocycles. The third-order valence-corrected chi connectivity index (χ3v) is 5.52. The summed E-state index contributed by atoms with van der Waals surface area (Å²) in [5.74, 6) is -1.19. The largest absolute Gasteiger partial charge is 0.488 e. The number of ether oxygens (including phenoxy) is 1. The number of nitro benzene ring substituents is 1. The Balaban J connectivity index is 1.59. The van der Waals surface area contributed by atoms with Gasteiger partial charge in [0.25, 0.3) is 17.5 Å². The fourth-order valence-corrected chi connectivity index (χ4v) is 3.77. The second-order valence-corrected chi connectivity index (χ2v) is 8.05. The summed E-state index contributed by atoms with van der Waals surface area (Å²) in [6.07, 6.45) is 1.33. The highest BCUT2D eigenvalue weighted by molar-refractivity contribution is 9.10. The number of carbonyl (C=O) groups excluding carboxylic acids is 3. The fourth-order valence-electron chi connectivity index (χ4n) is 3.26. The Labute approximate surface area is 201 Å². The molecule has 0 unspecified atom stereocenters. The van der Waals surface area contributed by atoms with Gasteiger partial charge >= 0.3 is 6.03 Å². The monoisotopic (exact) mass is 521 g/mol. The molecule has 1 fully saturated rings. The molecule has 4 rings (SSSR count). The highest BCUT2D eigenvalue weighted by Gasteiger charge is 2.37. The lowest BCUT2D eigenvalue weighted by molar-refractivity contribution is -0.384. The van der Waals surface area contributed by atoms with E-state index in [0.717, 1.165) is 11.6 Å². The maximum absolute atomic E-state index is 13.0. The van der Waals surface area contributed by atoms with Crippen LogP contribution >= 0.6 is 15.9 Å². The van der Waals surface area contributed by atoms with Crippen LogP contribution in [0, 0.1) is 10.1 Å². The van der Waals surface area contributed by atoms with Gasteiger partial charge in [0.05, 0.1) is 15.1 Å². The van der Waals surface area contributed by atoms with Crippen molar-refractivity contribution in [3.8, 4) is 5.75 Å². The predicted octanol–water partition coefficient (Wildman–Crippen LogP) is 4.60. The summed E-state index contributed by atoms with van der Waals surface area (Å²) >= 11 is 3.43. The minimum absolute atomic E-state index is 0.0269. The van der Waals surface area contributed by atoms with Crippen LogP contribution in [-0.2, 0) is 16.2 Å². The Morgan fingerprint density at radius 3 is 2.47 bits per heavy atom. The van der Waals surface area contributed by atoms with Crippen LogP contribution in [0.3, 0.4) is 0 Å². The normalized spacial score (nSPS) is 14.8. The van der Waals surface area contributed by atoms with Gasteiger partial charge in [-0.25, -0.2) is 9.69 Å². The third-order valence-electron chi connectivity index (χ3n) is 4.90. The van der Waals surface area contributed by atoms with Crippen molar-refractivity contribution >= 4 is 51.2 Å². The topological polar surface area (TPSA) is 119 Å². The van der Waals surface area contributed by atoms with Crippen LogP contribution in [-0.4, -0.2) is 22.8 Å². The number of hydrogen-bond acceptors (Lipinski definition) is 6. The van der Waals surface area contributed by atoms with Crippen LogP contribution in [0.5, 0.6) is 5.75 Å². The number of hydrogen-bond donors (Lipinski definition) is 1. The summed E-state index contributed by atoms with van der Waals surface area (Å²) in [6, 6.07) is 18.7. The minimum Gasteiger partial charge on any atom is -0.488 e. The lowest BCUT2D eigenvalue weighted by Gasteiger charge is -2.26. The van der Waals surface area contributed by atoms with Gasteiger partial charge < -0.3 is 4.74 Å². The molecule has 1 N–H and O–H groups in total. The summed E-state index contributed by atoms with van der Waals surface area (Å²) in [6.45, 7) is 0.362. The van der Waals surface area contributed by atoms with Gasteiger partial charge in [-0.15, -0.1) is 0 Å². The van der Waals surface area contributed by atoms with Gasteiger partial charge in [-0.1, -0.05) is 42.5 Å². The average Bonchev–Trinajstić information content (AvgIpc) is 2.82. The number of non-ortho nitro benzene ring substituents is 1. The molecule has 9 nitrogen and oxygen atoms in total. The van der Waals surface area contributed by atoms with E-state index in [1.54, 1.807) is 18.2 Å². The maximum atomic E-state index is 13.0. The molecule has 1 saturated heterocycles. The number of urea groups is 1. The first kappa shape index (κ1) is 22.9. The number of benzene rings is 3. The van der Waals surface area contributed by atoms with Gasteiger partial charge in [0.15, 0.2) is 0 Å². The zero-order valence-corrected chi connectivity index (χ0v) is 19.0. The number of nitro groups is 1. The highest BCUT2D eigenvalue weighted by atomic mass is 79.9. The molecule has 34 heavy (non-hydrogen) atoms. The van der Waals surface area contributed by atoms with Crippen LogP contribution in [0.25, 0.3) is 6.08 Å². The summed E-state index contributed by atoms with van der Waals surface area (Å²) in [5.41, 5.74) is 0.884. The minimum atomic E-state index is -0.988. The first-order valence-corrected chi connectivity index (χ1v) is 10.7. The molecule has 0 saturated carbocycles. The summed E-state index contributed by atoms with van der Waals surface area (Å²) in [7, 11) is 0. The van der Waals surface area contributed by atoms with E-state index >= 15 is 0 Å². The number of amides is 4. The number of nitrogens with zero attached hydrogens (tertiary/aromatic N) is 2. The molecule has 0 radical (unpaired) electrons. The van der Waals surface area contributed by atoms with Gasteiger partial charge in [-0.05, 0) is 51.3 Å². The first-order valence-electron chi connectivity index (χ1n) is 9.95. The van der Waals surface area contributed by atoms with Crippen molar-refractivity contribution < 1.29 is 24.0 Å². The van der Waals surface area contributed by atoms with Crippen LogP contribution in [0.4, 0.5) is 16.2 Å². The van der Waals surface area contributed by atoms with Gasteiger partial charge in [-0.3, -0.25) is 25.0 Å². The van der Waals surface area contributed by atoms with Gasteiger partial charge in [-0.2, -0.15) is 0 Å². The van der Waals surface area contributed by atoms with E-state index in [1.807, 2.05) is 30.3 Å². The molecule has 0 aromatic heterocycles. The van der Waals surface area contributed by atoms with Gasteiger partial charge in [0.1, 0.15) is 17.9 Å². The number of anilines is 1. The molecule has 0 spiro atoms. The first-order chi connectivity index (χ1) is 16.3. The molecule has 1 heterocycles. The molecule has 4 amide bonds. The Morgan fingerprint density at radius 1 is 1.00 bits per heavy atom. The van der Waals surface area contributed by atoms with E-state index in [1.165, 1.54) is 24.3 Å². The van der Waals surface area contributed by atoms with Crippen molar-refractivity contribution in [2.45, 2.75) is 6.61 Å². The van der Waals surface area contributed by atoms with E-state index < -0.39 is 22.8 Å². The summed E-state index contributed by atoms with van der Waals surface area (Å²) < 4.78 is 6.41. The standard InChI is InChI=1S/C24H16BrN3O6/c25-20-12-16(9-10-21(20)34-14-15-5-2-1-3-6-15)11-19-22(29)26-24(31)27(23(19)30)17-7-4-8-18(13-17)28(32)33/h1-13H,14H2,(H,26,29,31)/b19-11+. The number of rotatable bonds is 6. The average molecular weight is 522 g/mol. The number of barbiturate groups is 1. The maximum Gasteiger partial charge on any atom is 0.335 e. The Hall–Kier alpha value is -4.31. The zero-order valence-electron chi connectivity index (χ0n) is 17.4. The number of carbonyl (C=O) groups is 3. The molecule has 3 aromatic rings. The van der Waals surface area contributed by atoms with E-state index in [4.69, 9.17) is 4.74 Å². The molecule has 10 heteroatoms. The van der Waals surface area contributed by atoms with E-state index in [-0.39, 0.29) is 16.9 Å². The third kappa shape index (κ3) is 4.86. The van der Waals surface area contributed by atoms with Gasteiger partial charge in [0, 0.05) is 12.1 Å². The van der Waals surface area contributed by atoms with Crippen LogP contribution in [0.15, 0.2) is 82.8 Å². The molecular weight excluding hydrogens is 506 g/mol. The van der Waals surface area contributed by atoms with Crippen LogP contribution < -0.4 is 15.0 Å². The van der Waals surface area contributed by atoms with Crippen molar-refractivity contribution in [2.24, 2.45) is 0 Å². The lowest BCUT2D eigenvalue weighted by atomic mass is 10.1. The molecule has 1 aliphatic heterocycles. The second kappa shape index (κ2) is 9.67. The Morgan fingerprint density at radius 2 is 1.76 bits per heavy atom. The number of halogens is 1. The fraction of sp³-hybridized carbons (Fsp3) is 0.0417. The molecule has 1 aliphatic rings. The van der Waals surface area contributed by atoms with Crippen LogP contribution in [0.1, 0.15) is 11.1 Å². The number of imide groups is 2. The molecule has 170 valence electrons. The SMILES string of the molecule is O=C1NC(=O)N(c2cccc([N+](=O)[O-])c2)C(=O)/C1=C/c1ccc(OCc2ccccc2)c(Br)c1. The van der Waals surface area contributed by atoms with Crippen molar-refractivity contribution in [1.29, 1.82) is 0 Å². The van der Waals surface area contributed by atoms with E-state index in [9.17, 15) is 24.5 Å². The van der Waals surface area contributed by atoms with Crippen molar-refractivity contribution in [3.63, 3.8) is 0 Å². The second-order valence-electron chi connectivity index (χ2n) is 7.20. The molecule has 0 atom stereocenters. The quantitative estimate of drug-likeness (QED) is 0.219. The van der Waals surface area contributed by atoms with Gasteiger partial charge in [0.2, 0.25) is 0 Å². The summed E-state index contributed by atoms with van der Waals surface area (Å²) in [4.78, 5) is 48.8. The zero-order chi connectivity index (χ0) is 24.2. The molecule has 0 bridgehead atoms. The van der Waals surface area contributed by atoms with Crippen molar-refractivity contribution in [3.05, 3.63) is 104 Å². The summed E-state index contributed by atoms with van der Waals surface area (Å²) in [5, 5.41) is 13.2. The van der Waals surface area contributed by atoms with E-state index in [2.05, 4.69) is 21.2 Å². The smallest absolute Gasteiger partial charge is 0.335 e. The lowest BCUT2D eigenvalue weighted by Crippen LogP contribution is -2.54. The highest BCUT2D eigenvalue weighted by Crippen LogP contribution is 2.29. The van der Waals surface area contributed by atoms with Crippen molar-refractivity contribution in [2.75, 3.05) is 4.90 Å².